The molecule has 0 aliphatic carbocycles. The first-order valence-electron chi connectivity index (χ1n) is 6.91. The number of fused-ring (bicyclic) bond motifs is 1. The van der Waals surface area contributed by atoms with Crippen LogP contribution in [0.5, 0.6) is 0 Å². The third-order valence-corrected chi connectivity index (χ3v) is 3.52. The first kappa shape index (κ1) is 13.9. The number of benzene rings is 1. The van der Waals surface area contributed by atoms with Gasteiger partial charge in [0.15, 0.2) is 0 Å². The lowest BCUT2D eigenvalue weighted by Crippen LogP contribution is -2.12. The summed E-state index contributed by atoms with van der Waals surface area (Å²) in [7, 11) is 1.85. The fraction of sp³-hybridized carbons (Fsp3) is 0.0588. The number of anilines is 1. The normalized spacial score (nSPS) is 11.6. The van der Waals surface area contributed by atoms with E-state index in [4.69, 9.17) is 5.73 Å². The number of aromatic nitrogens is 2. The van der Waals surface area contributed by atoms with Crippen LogP contribution < -0.4 is 11.1 Å². The Labute approximate surface area is 127 Å². The van der Waals surface area contributed by atoms with Crippen LogP contribution in [0.15, 0.2) is 48.8 Å². The number of aromatic amines is 1. The van der Waals surface area contributed by atoms with Gasteiger partial charge in [0.05, 0.1) is 0 Å². The van der Waals surface area contributed by atoms with E-state index >= 15 is 0 Å². The van der Waals surface area contributed by atoms with Crippen molar-refractivity contribution >= 4 is 34.3 Å². The maximum absolute atomic E-state index is 11.8. The molecule has 0 atom stereocenters. The number of hydrogen-bond acceptors (Lipinski definition) is 3. The van der Waals surface area contributed by atoms with Gasteiger partial charge >= 0.3 is 0 Å². The van der Waals surface area contributed by atoms with Crippen molar-refractivity contribution in [2.24, 2.45) is 5.73 Å². The van der Waals surface area contributed by atoms with Crippen molar-refractivity contribution in [1.82, 2.24) is 9.97 Å². The van der Waals surface area contributed by atoms with Gasteiger partial charge in [0.25, 0.3) is 0 Å². The molecule has 2 aromatic heterocycles. The fourth-order valence-electron chi connectivity index (χ4n) is 2.47. The van der Waals surface area contributed by atoms with Gasteiger partial charge in [-0.3, -0.25) is 4.79 Å². The molecule has 0 radical (unpaired) electrons. The van der Waals surface area contributed by atoms with Crippen molar-refractivity contribution in [3.63, 3.8) is 0 Å². The molecule has 22 heavy (non-hydrogen) atoms. The number of amides is 1. The van der Waals surface area contributed by atoms with Crippen LogP contribution in [-0.2, 0) is 4.79 Å². The molecule has 0 aliphatic heterocycles. The zero-order valence-electron chi connectivity index (χ0n) is 12.1. The fourth-order valence-corrected chi connectivity index (χ4v) is 2.47. The van der Waals surface area contributed by atoms with Gasteiger partial charge in [-0.05, 0) is 17.7 Å². The summed E-state index contributed by atoms with van der Waals surface area (Å²) in [5.41, 5.74) is 9.37. The highest BCUT2D eigenvalue weighted by Crippen LogP contribution is 2.28. The Morgan fingerprint density at radius 3 is 2.73 bits per heavy atom. The predicted octanol–water partition coefficient (Wildman–Crippen LogP) is 2.63. The van der Waals surface area contributed by atoms with E-state index < -0.39 is 5.91 Å². The maximum Gasteiger partial charge on any atom is 0.249 e. The Morgan fingerprint density at radius 2 is 2.05 bits per heavy atom. The van der Waals surface area contributed by atoms with E-state index in [-0.39, 0.29) is 0 Å². The monoisotopic (exact) mass is 292 g/mol. The summed E-state index contributed by atoms with van der Waals surface area (Å²) >= 11 is 0. The Kier molecular flexibility index (Phi) is 3.62. The van der Waals surface area contributed by atoms with Gasteiger partial charge in [-0.25, -0.2) is 4.98 Å². The minimum atomic E-state index is -0.463. The zero-order valence-corrected chi connectivity index (χ0v) is 12.1. The number of hydrogen-bond donors (Lipinski definition) is 3. The highest BCUT2D eigenvalue weighted by Gasteiger charge is 2.12. The highest BCUT2D eigenvalue weighted by molar-refractivity contribution is 6.24. The molecule has 0 unspecified atom stereocenters. The van der Waals surface area contributed by atoms with Crippen molar-refractivity contribution in [3.05, 3.63) is 59.9 Å². The Bertz CT molecular complexity index is 849. The van der Waals surface area contributed by atoms with Crippen molar-refractivity contribution in [1.29, 1.82) is 0 Å². The zero-order chi connectivity index (χ0) is 15.5. The summed E-state index contributed by atoms with van der Waals surface area (Å²) in [4.78, 5) is 19.2. The molecule has 110 valence electrons. The molecule has 0 bridgehead atoms. The summed E-state index contributed by atoms with van der Waals surface area (Å²) in [6.45, 7) is 0. The third-order valence-electron chi connectivity index (χ3n) is 3.52. The van der Waals surface area contributed by atoms with Gasteiger partial charge in [0.1, 0.15) is 5.65 Å². The molecule has 1 amide bonds. The average Bonchev–Trinajstić information content (AvgIpc) is 2.96. The number of nitrogens with zero attached hydrogens (tertiary/aromatic N) is 1. The lowest BCUT2D eigenvalue weighted by atomic mass is 10.0. The molecule has 5 nitrogen and oxygen atoms in total. The molecule has 3 aromatic rings. The first-order valence-corrected chi connectivity index (χ1v) is 6.91. The number of nitrogens with two attached hydrogens (primary N) is 1. The van der Waals surface area contributed by atoms with E-state index in [9.17, 15) is 4.79 Å². The van der Waals surface area contributed by atoms with Gasteiger partial charge in [0, 0.05) is 41.7 Å². The van der Waals surface area contributed by atoms with Crippen molar-refractivity contribution in [3.8, 4) is 0 Å². The maximum atomic E-state index is 11.8. The summed E-state index contributed by atoms with van der Waals surface area (Å²) in [5.74, 6) is -0.463. The first-order chi connectivity index (χ1) is 10.7. The van der Waals surface area contributed by atoms with Gasteiger partial charge in [-0.1, -0.05) is 30.3 Å². The van der Waals surface area contributed by atoms with Crippen molar-refractivity contribution in [2.45, 2.75) is 0 Å². The number of pyridine rings is 1. The topological polar surface area (TPSA) is 83.8 Å². The van der Waals surface area contributed by atoms with E-state index in [1.54, 1.807) is 12.3 Å². The second kappa shape index (κ2) is 5.73. The van der Waals surface area contributed by atoms with Crippen LogP contribution in [0.1, 0.15) is 11.1 Å². The van der Waals surface area contributed by atoms with Crippen LogP contribution in [0.25, 0.3) is 22.7 Å². The number of rotatable bonds is 4. The van der Waals surface area contributed by atoms with Gasteiger partial charge in [0.2, 0.25) is 5.91 Å². The Balaban J connectivity index is 2.19. The van der Waals surface area contributed by atoms with Gasteiger partial charge in [-0.2, -0.15) is 0 Å². The second-order valence-electron chi connectivity index (χ2n) is 4.86. The minimum absolute atomic E-state index is 0.463. The molecular weight excluding hydrogens is 276 g/mol. The summed E-state index contributed by atoms with van der Waals surface area (Å²) in [5, 5.41) is 4.06. The van der Waals surface area contributed by atoms with Crippen molar-refractivity contribution in [2.75, 3.05) is 12.4 Å². The van der Waals surface area contributed by atoms with E-state index in [1.807, 2.05) is 49.6 Å². The molecule has 3 rings (SSSR count). The third kappa shape index (κ3) is 2.44. The molecule has 5 heteroatoms. The van der Waals surface area contributed by atoms with Gasteiger partial charge < -0.3 is 16.0 Å². The number of H-pyrrole nitrogens is 1. The van der Waals surface area contributed by atoms with Crippen LogP contribution in [0.4, 0.5) is 5.69 Å². The lowest BCUT2D eigenvalue weighted by molar-refractivity contribution is -0.112. The van der Waals surface area contributed by atoms with Crippen LogP contribution in [0.2, 0.25) is 0 Å². The smallest absolute Gasteiger partial charge is 0.249 e. The predicted molar refractivity (Wildman–Crippen MR) is 89.1 cm³/mol. The van der Waals surface area contributed by atoms with E-state index in [0.29, 0.717) is 5.57 Å². The van der Waals surface area contributed by atoms with Gasteiger partial charge in [-0.15, -0.1) is 0 Å². The molecule has 4 N–H and O–H groups in total. The SMILES string of the molecule is CNc1ccnc2[nH]cc(C=C(C(N)=O)c3ccccc3)c12. The molecule has 1 aromatic carbocycles. The van der Waals surface area contributed by atoms with E-state index in [2.05, 4.69) is 15.3 Å². The minimum Gasteiger partial charge on any atom is -0.387 e. The highest BCUT2D eigenvalue weighted by atomic mass is 16.1. The van der Waals surface area contributed by atoms with Crippen LogP contribution in [0, 0.1) is 0 Å². The second-order valence-corrected chi connectivity index (χ2v) is 4.86. The summed E-state index contributed by atoms with van der Waals surface area (Å²) in [6.07, 6.45) is 5.34. The van der Waals surface area contributed by atoms with Crippen molar-refractivity contribution < 1.29 is 4.79 Å². The molecule has 0 saturated carbocycles. The molecule has 0 saturated heterocycles. The summed E-state index contributed by atoms with van der Waals surface area (Å²) in [6, 6.07) is 11.3. The number of carbonyl (C=O) groups is 1. The molecule has 0 fully saturated rings. The van der Waals surface area contributed by atoms with Crippen LogP contribution in [-0.4, -0.2) is 22.9 Å². The lowest BCUT2D eigenvalue weighted by Gasteiger charge is -2.05. The average molecular weight is 292 g/mol. The molecule has 0 aliphatic rings. The standard InChI is InChI=1S/C17H16N4O/c1-19-14-7-8-20-17-15(14)12(10-21-17)9-13(16(18)22)11-5-3-2-4-6-11/h2-10H,1H3,(H2,18,22)(H2,19,20,21). The number of carbonyl (C=O) groups excluding carboxylic acids is 1. The van der Waals surface area contributed by atoms with E-state index in [1.165, 1.54) is 0 Å². The largest absolute Gasteiger partial charge is 0.387 e. The number of nitrogens with one attached hydrogen (secondary N) is 2. The quantitative estimate of drug-likeness (QED) is 0.646. The Hall–Kier alpha value is -3.08. The molecule has 2 heterocycles. The molecular formula is C17H16N4O. The molecule has 0 spiro atoms. The Morgan fingerprint density at radius 1 is 1.27 bits per heavy atom. The van der Waals surface area contributed by atoms with Crippen LogP contribution in [0.3, 0.4) is 0 Å². The van der Waals surface area contributed by atoms with E-state index in [0.717, 1.165) is 27.8 Å². The summed E-state index contributed by atoms with van der Waals surface area (Å²) < 4.78 is 0. The van der Waals surface area contributed by atoms with Crippen LogP contribution >= 0.6 is 0 Å². The number of primary amides is 1.